The molecule has 0 saturated heterocycles. The number of rotatable bonds is 0. The number of nitrogens with one attached hydrogen (secondary N) is 1. The average Bonchev–Trinajstić information content (AvgIpc) is 4.12. The molecule has 0 saturated carbocycles. The van der Waals surface area contributed by atoms with Crippen molar-refractivity contribution in [1.82, 2.24) is 110 Å². The van der Waals surface area contributed by atoms with Crippen molar-refractivity contribution >= 4 is 5.78 Å². The van der Waals surface area contributed by atoms with Crippen molar-refractivity contribution in [2.75, 3.05) is 0 Å². The van der Waals surface area contributed by atoms with Crippen molar-refractivity contribution in [3.8, 4) is 0 Å². The minimum Gasteiger partial charge on any atom is -0.300 e. The lowest BCUT2D eigenvalue weighted by Gasteiger charge is -1.85. The maximum atomic E-state index is 9.62. The molecule has 61 heavy (non-hydrogen) atoms. The van der Waals surface area contributed by atoms with Crippen molar-refractivity contribution in [1.29, 1.82) is 0 Å². The number of aromatic nitrogens is 24. The Bertz CT molecular complexity index is 2060. The highest BCUT2D eigenvalue weighted by molar-refractivity contribution is 5.72. The topological polar surface area (TPSA) is 256 Å². The molecule has 0 spiro atoms. The zero-order valence-corrected chi connectivity index (χ0v) is 39.0. The Balaban J connectivity index is 0.000000677. The fourth-order valence-corrected chi connectivity index (χ4v) is 3.64. The third kappa shape index (κ3) is 27.2. The van der Waals surface area contributed by atoms with Crippen LogP contribution in [0.5, 0.6) is 0 Å². The van der Waals surface area contributed by atoms with Gasteiger partial charge in [0.15, 0.2) is 11.9 Å². The van der Waals surface area contributed by atoms with Crippen LogP contribution in [0.1, 0.15) is 60.7 Å². The Labute approximate surface area is 358 Å². The molecule has 8 heterocycles. The van der Waals surface area contributed by atoms with Crippen LogP contribution < -0.4 is 9.36 Å². The van der Waals surface area contributed by atoms with Gasteiger partial charge in [0, 0.05) is 66.9 Å². The third-order valence-electron chi connectivity index (χ3n) is 6.82. The zero-order chi connectivity index (χ0) is 47.4. The van der Waals surface area contributed by atoms with Gasteiger partial charge in [-0.25, -0.2) is 0 Å². The lowest BCUT2D eigenvalue weighted by atomic mass is 10.6. The predicted molar refractivity (Wildman–Crippen MR) is 224 cm³/mol. The summed E-state index contributed by atoms with van der Waals surface area (Å²) in [6.45, 7) is 16.8. The number of aryl methyl sites for hydroxylation is 16. The summed E-state index contributed by atoms with van der Waals surface area (Å²) in [5.74, 6) is -0.0787. The monoisotopic (exact) mass is 852 g/mol. The van der Waals surface area contributed by atoms with E-state index < -0.39 is 0 Å². The number of carbonyl (C=O) groups is 1. The summed E-state index contributed by atoms with van der Waals surface area (Å²) in [6, 6.07) is 0. The summed E-state index contributed by atoms with van der Waals surface area (Å²) < 4.78 is 13.6. The normalized spacial score (nSPS) is 9.51. The van der Waals surface area contributed by atoms with Crippen LogP contribution in [-0.4, -0.2) is 116 Å². The number of ketones is 1. The van der Waals surface area contributed by atoms with Gasteiger partial charge in [-0.1, -0.05) is 10.4 Å². The molecule has 0 bridgehead atoms. The van der Waals surface area contributed by atoms with Gasteiger partial charge in [-0.3, -0.25) is 9.36 Å². The van der Waals surface area contributed by atoms with Gasteiger partial charge in [-0.05, 0) is 65.0 Å². The fraction of sp³-hybridized carbons (Fsp3) is 0.528. The van der Waals surface area contributed by atoms with E-state index in [0.29, 0.717) is 0 Å². The van der Waals surface area contributed by atoms with Crippen LogP contribution >= 0.6 is 0 Å². The van der Waals surface area contributed by atoms with Gasteiger partial charge < -0.3 is 4.79 Å². The van der Waals surface area contributed by atoms with Gasteiger partial charge in [0.1, 0.15) is 19.9 Å². The largest absolute Gasteiger partial charge is 0.300 e. The molecule has 0 aliphatic heterocycles. The van der Waals surface area contributed by atoms with Crippen LogP contribution in [0.25, 0.3) is 0 Å². The molecule has 0 atom stereocenters. The Morgan fingerprint density at radius 1 is 0.623 bits per heavy atom. The molecule has 0 aliphatic carbocycles. The van der Waals surface area contributed by atoms with E-state index in [-0.39, 0.29) is 12.7 Å². The summed E-state index contributed by atoms with van der Waals surface area (Å²) in [4.78, 5) is 17.8. The second-order valence-electron chi connectivity index (χ2n) is 13.1. The van der Waals surface area contributed by atoms with E-state index in [0.717, 1.165) is 39.9 Å². The summed E-state index contributed by atoms with van der Waals surface area (Å²) >= 11 is 0. The van der Waals surface area contributed by atoms with Crippen molar-refractivity contribution in [3.63, 3.8) is 0 Å². The number of Topliss-reactive ketones (excluding diaryl/α,β-unsaturated/α-hetero) is 1. The van der Waals surface area contributed by atoms with Crippen LogP contribution in [0.3, 0.4) is 0 Å². The molecule has 1 N–H and O–H groups in total. The van der Waals surface area contributed by atoms with Gasteiger partial charge in [-0.2, -0.15) is 69.8 Å². The number of aromatic amines is 1. The average molecular weight is 852 g/mol. The standard InChI is InChI=1S/2C5H10N3.5C4H7N3.C3H5N3.C3H6O/c1-5-4-7(2)8(3)6-5;1-5-4-6-8(3)7(5)2;1-4-3-7(2)6-5-4;1-4-3-5-6-7(4)2;3*1-4-3-5-7(2)6-4;1-3-2-4-6-5-3;1-3(2)4/h2*4H,1-3H3;5*3H,1-2H3;2H,1H3,(H,4,5,6);1-2H3/q2*+1;;;;;;;/i;;;;;;;;1D. The van der Waals surface area contributed by atoms with Gasteiger partial charge in [0.25, 0.3) is 0 Å². The maximum Gasteiger partial charge on any atom is 0.215 e. The molecule has 8 aromatic heterocycles. The van der Waals surface area contributed by atoms with E-state index >= 15 is 0 Å². The Morgan fingerprint density at radius 2 is 1.13 bits per heavy atom. The quantitative estimate of drug-likeness (QED) is 0.203. The van der Waals surface area contributed by atoms with Gasteiger partial charge in [0.2, 0.25) is 11.9 Å². The molecule has 0 fully saturated rings. The molecule has 0 aliphatic rings. The third-order valence-corrected chi connectivity index (χ3v) is 6.82. The second kappa shape index (κ2) is 29.1. The van der Waals surface area contributed by atoms with Crippen LogP contribution in [0.2, 0.25) is 0 Å². The maximum absolute atomic E-state index is 9.62. The second-order valence-corrected chi connectivity index (χ2v) is 13.1. The molecule has 0 unspecified atom stereocenters. The first-order chi connectivity index (χ1) is 29.0. The summed E-state index contributed by atoms with van der Waals surface area (Å²) in [6.07, 6.45) is 14.2. The highest BCUT2D eigenvalue weighted by atomic mass is 16.1. The molecule has 0 amide bonds. The van der Waals surface area contributed by atoms with Crippen molar-refractivity contribution in [2.24, 2.45) is 63.4 Å². The zero-order valence-electron chi connectivity index (χ0n) is 40.0. The first kappa shape index (κ1) is 51.8. The highest BCUT2D eigenvalue weighted by Crippen LogP contribution is 1.86. The lowest BCUT2D eigenvalue weighted by Crippen LogP contribution is -2.39. The SMILES string of the molecule is Cc1c[n+](C)n(C)n1.Cc1cn(C)nn1.Cc1cn[nH]n1.Cc1cnn(C)[n+]1C.Cc1cnn(C)n1.Cc1cnn(C)n1.Cc1cnn(C)n1.Cc1cnnn1C.[2H]CC(C)=O. The summed E-state index contributed by atoms with van der Waals surface area (Å²) in [5, 5.41) is 55.7. The smallest absolute Gasteiger partial charge is 0.215 e. The fourth-order valence-electron chi connectivity index (χ4n) is 3.64. The molecular formula is C36H66N24O+2. The Hall–Kier alpha value is -7.21. The minimum absolute atomic E-state index is 0.0787. The van der Waals surface area contributed by atoms with E-state index in [1.54, 1.807) is 71.1 Å². The van der Waals surface area contributed by atoms with Crippen LogP contribution in [0, 0.1) is 55.4 Å². The van der Waals surface area contributed by atoms with Crippen LogP contribution in [0.4, 0.5) is 0 Å². The van der Waals surface area contributed by atoms with Gasteiger partial charge in [0.05, 0.1) is 79.2 Å². The van der Waals surface area contributed by atoms with E-state index in [4.69, 9.17) is 1.37 Å². The van der Waals surface area contributed by atoms with Gasteiger partial charge >= 0.3 is 0 Å². The number of hydrogen-bond acceptors (Lipinski definition) is 15. The molecule has 8 aromatic rings. The molecule has 334 valence electrons. The first-order valence-corrected chi connectivity index (χ1v) is 18.5. The number of nitrogens with zero attached hydrogens (tertiary/aromatic N) is 23. The van der Waals surface area contributed by atoms with E-state index in [1.807, 2.05) is 126 Å². The van der Waals surface area contributed by atoms with E-state index in [2.05, 4.69) is 76.8 Å². The number of H-pyrrole nitrogens is 1. The Kier molecular flexibility index (Phi) is 24.7. The molecule has 8 rings (SSSR count). The van der Waals surface area contributed by atoms with Crippen LogP contribution in [-0.2, 0) is 68.2 Å². The minimum atomic E-state index is -0.0833. The molecule has 0 radical (unpaired) electrons. The highest BCUT2D eigenvalue weighted by Gasteiger charge is 2.02. The molecule has 25 heteroatoms. The molecular weight excluding hydrogens is 785 g/mol. The van der Waals surface area contributed by atoms with Crippen molar-refractivity contribution in [2.45, 2.75) is 69.2 Å². The molecule has 25 nitrogen and oxygen atoms in total. The number of carbonyl (C=O) groups excluding carboxylic acids is 1. The van der Waals surface area contributed by atoms with Crippen molar-refractivity contribution < 1.29 is 15.5 Å². The summed E-state index contributed by atoms with van der Waals surface area (Å²) in [5.41, 5.74) is 8.08. The van der Waals surface area contributed by atoms with Crippen LogP contribution in [0.15, 0.2) is 49.6 Å². The predicted octanol–water partition coefficient (Wildman–Crippen LogP) is 0.432. The number of hydrogen-bond donors (Lipinski definition) is 1. The lowest BCUT2D eigenvalue weighted by molar-refractivity contribution is -0.760. The van der Waals surface area contributed by atoms with E-state index in [1.165, 1.54) is 27.0 Å². The molecule has 0 aromatic carbocycles. The van der Waals surface area contributed by atoms with Crippen molar-refractivity contribution in [3.05, 3.63) is 95.1 Å². The Morgan fingerprint density at radius 3 is 1.23 bits per heavy atom. The first-order valence-electron chi connectivity index (χ1n) is 19.2. The van der Waals surface area contributed by atoms with E-state index in [9.17, 15) is 4.79 Å². The van der Waals surface area contributed by atoms with Gasteiger partial charge in [-0.15, -0.1) is 10.2 Å². The summed E-state index contributed by atoms with van der Waals surface area (Å²) in [7, 11) is 16.9.